The number of thioether (sulfide) groups is 1. The van der Waals surface area contributed by atoms with Gasteiger partial charge in [-0.2, -0.15) is 0 Å². The number of aliphatic carboxylic acids is 1. The van der Waals surface area contributed by atoms with Gasteiger partial charge in [-0.1, -0.05) is 65.9 Å². The fourth-order valence-corrected chi connectivity index (χ4v) is 4.32. The summed E-state index contributed by atoms with van der Waals surface area (Å²) in [6.45, 7) is 3.50. The van der Waals surface area contributed by atoms with Crippen LogP contribution in [0.15, 0.2) is 50.2 Å². The summed E-state index contributed by atoms with van der Waals surface area (Å²) < 4.78 is 7.03. The molecule has 1 fully saturated rings. The minimum Gasteiger partial charge on any atom is -0.480 e. The van der Waals surface area contributed by atoms with Gasteiger partial charge in [-0.15, -0.1) is 0 Å². The van der Waals surface area contributed by atoms with E-state index in [9.17, 15) is 14.7 Å². The quantitative estimate of drug-likeness (QED) is 0.493. The molecule has 1 amide bonds. The van der Waals surface area contributed by atoms with E-state index >= 15 is 0 Å². The molecule has 1 aliphatic heterocycles. The van der Waals surface area contributed by atoms with Crippen LogP contribution in [0.4, 0.5) is 0 Å². The van der Waals surface area contributed by atoms with Crippen molar-refractivity contribution in [2.24, 2.45) is 5.92 Å². The molecule has 140 valence electrons. The molecular formula is C19H16BrNO4S2. The highest BCUT2D eigenvalue weighted by atomic mass is 79.9. The van der Waals surface area contributed by atoms with Crippen molar-refractivity contribution in [2.75, 3.05) is 0 Å². The second-order valence-corrected chi connectivity index (χ2v) is 8.88. The molecule has 0 saturated carbocycles. The van der Waals surface area contributed by atoms with Gasteiger partial charge >= 0.3 is 5.97 Å². The summed E-state index contributed by atoms with van der Waals surface area (Å²) in [5.74, 6) is -0.567. The van der Waals surface area contributed by atoms with Gasteiger partial charge in [0, 0.05) is 16.1 Å². The van der Waals surface area contributed by atoms with Gasteiger partial charge < -0.3 is 9.52 Å². The molecular weight excluding hydrogens is 450 g/mol. The van der Waals surface area contributed by atoms with E-state index in [1.165, 1.54) is 4.90 Å². The van der Waals surface area contributed by atoms with Gasteiger partial charge in [0.2, 0.25) is 0 Å². The lowest BCUT2D eigenvalue weighted by Gasteiger charge is -2.26. The zero-order valence-corrected chi connectivity index (χ0v) is 17.7. The molecule has 8 heteroatoms. The second-order valence-electron chi connectivity index (χ2n) is 6.29. The molecule has 2 heterocycles. The summed E-state index contributed by atoms with van der Waals surface area (Å²) in [5, 5.41) is 9.46. The molecule has 1 aromatic heterocycles. The topological polar surface area (TPSA) is 70.8 Å². The van der Waals surface area contributed by atoms with Crippen LogP contribution in [0.2, 0.25) is 0 Å². The molecule has 5 nitrogen and oxygen atoms in total. The average molecular weight is 466 g/mol. The normalized spacial score (nSPS) is 17.2. The number of nitrogens with zero attached hydrogens (tertiary/aromatic N) is 1. The Balaban J connectivity index is 1.86. The molecule has 0 bridgehead atoms. The Morgan fingerprint density at radius 3 is 2.52 bits per heavy atom. The third kappa shape index (κ3) is 4.17. The summed E-state index contributed by atoms with van der Waals surface area (Å²) in [6, 6.07) is 10.3. The van der Waals surface area contributed by atoms with Crippen molar-refractivity contribution in [1.29, 1.82) is 0 Å². The molecule has 27 heavy (non-hydrogen) atoms. The van der Waals surface area contributed by atoms with E-state index in [1.54, 1.807) is 26.0 Å². The first-order valence-electron chi connectivity index (χ1n) is 8.13. The largest absolute Gasteiger partial charge is 0.480 e. The number of carboxylic acid groups (broad SMARTS) is 1. The highest BCUT2D eigenvalue weighted by Gasteiger charge is 2.42. The molecule has 3 rings (SSSR count). The summed E-state index contributed by atoms with van der Waals surface area (Å²) in [5.41, 5.74) is 0.913. The predicted molar refractivity (Wildman–Crippen MR) is 113 cm³/mol. The molecule has 0 aliphatic carbocycles. The van der Waals surface area contributed by atoms with Gasteiger partial charge in [-0.3, -0.25) is 9.69 Å². The van der Waals surface area contributed by atoms with Crippen LogP contribution >= 0.6 is 39.9 Å². The third-order valence-electron chi connectivity index (χ3n) is 4.02. The number of carbonyl (C=O) groups excluding carboxylic acids is 1. The SMILES string of the molecule is CC(C)C(C(=O)O)N1C(=O)/C(=C/c2ccc(-c3ccc(Br)cc3)o2)SC1=S. The van der Waals surface area contributed by atoms with E-state index in [2.05, 4.69) is 15.9 Å². The van der Waals surface area contributed by atoms with Gasteiger partial charge in [0.15, 0.2) is 0 Å². The molecule has 0 spiro atoms. The molecule has 1 aromatic carbocycles. The Bertz CT molecular complexity index is 933. The lowest BCUT2D eigenvalue weighted by Crippen LogP contribution is -2.47. The number of thiocarbonyl (C=S) groups is 1. The van der Waals surface area contributed by atoms with Gasteiger partial charge in [-0.05, 0) is 30.2 Å². The first kappa shape index (κ1) is 19.9. The number of hydrogen-bond acceptors (Lipinski definition) is 5. The smallest absolute Gasteiger partial charge is 0.327 e. The lowest BCUT2D eigenvalue weighted by atomic mass is 10.0. The van der Waals surface area contributed by atoms with E-state index < -0.39 is 17.9 Å². The Kier molecular flexibility index (Phi) is 5.88. The van der Waals surface area contributed by atoms with Crippen LogP contribution in [0.25, 0.3) is 17.4 Å². The minimum atomic E-state index is -1.07. The molecule has 1 aliphatic rings. The van der Waals surface area contributed by atoms with Crippen LogP contribution in [0.1, 0.15) is 19.6 Å². The highest BCUT2D eigenvalue weighted by molar-refractivity contribution is 9.10. The van der Waals surface area contributed by atoms with Crippen molar-refractivity contribution in [1.82, 2.24) is 4.90 Å². The summed E-state index contributed by atoms with van der Waals surface area (Å²) in [4.78, 5) is 25.8. The zero-order valence-electron chi connectivity index (χ0n) is 14.5. The number of benzene rings is 1. The number of amides is 1. The molecule has 1 saturated heterocycles. The van der Waals surface area contributed by atoms with Crippen LogP contribution in [0.5, 0.6) is 0 Å². The molecule has 0 radical (unpaired) electrons. The van der Waals surface area contributed by atoms with Crippen molar-refractivity contribution in [3.8, 4) is 11.3 Å². The number of rotatable bonds is 5. The lowest BCUT2D eigenvalue weighted by molar-refractivity contribution is -0.146. The first-order valence-corrected chi connectivity index (χ1v) is 10.2. The average Bonchev–Trinajstić information content (AvgIpc) is 3.16. The van der Waals surface area contributed by atoms with Gasteiger partial charge in [0.05, 0.1) is 4.91 Å². The van der Waals surface area contributed by atoms with E-state index in [-0.39, 0.29) is 10.2 Å². The molecule has 1 unspecified atom stereocenters. The highest BCUT2D eigenvalue weighted by Crippen LogP contribution is 2.36. The van der Waals surface area contributed by atoms with E-state index in [0.717, 1.165) is 21.8 Å². The number of furan rings is 1. The fraction of sp³-hybridized carbons (Fsp3) is 0.211. The van der Waals surface area contributed by atoms with Crippen molar-refractivity contribution < 1.29 is 19.1 Å². The maximum absolute atomic E-state index is 12.7. The van der Waals surface area contributed by atoms with Gasteiger partial charge in [-0.25, -0.2) is 4.79 Å². The second kappa shape index (κ2) is 8.00. The van der Waals surface area contributed by atoms with Crippen molar-refractivity contribution in [3.63, 3.8) is 0 Å². The standard InChI is InChI=1S/C19H16BrNO4S2/c1-10(2)16(18(23)24)21-17(22)15(27-19(21)26)9-13-7-8-14(25-13)11-3-5-12(20)6-4-11/h3-10,16H,1-2H3,(H,23,24)/b15-9-. The van der Waals surface area contributed by atoms with Crippen LogP contribution in [-0.4, -0.2) is 32.2 Å². The zero-order chi connectivity index (χ0) is 19.7. The van der Waals surface area contributed by atoms with Crippen molar-refractivity contribution in [3.05, 3.63) is 51.5 Å². The van der Waals surface area contributed by atoms with Gasteiger partial charge in [0.25, 0.3) is 5.91 Å². The van der Waals surface area contributed by atoms with E-state index in [1.807, 2.05) is 30.3 Å². The maximum atomic E-state index is 12.7. The maximum Gasteiger partial charge on any atom is 0.327 e. The van der Waals surface area contributed by atoms with E-state index in [4.69, 9.17) is 16.6 Å². The molecule has 1 atom stereocenters. The Labute approximate surface area is 174 Å². The molecule has 1 N–H and O–H groups in total. The number of carboxylic acids is 1. The first-order chi connectivity index (χ1) is 12.8. The monoisotopic (exact) mass is 465 g/mol. The minimum absolute atomic E-state index is 0.243. The van der Waals surface area contributed by atoms with Gasteiger partial charge in [0.1, 0.15) is 21.9 Å². The summed E-state index contributed by atoms with van der Waals surface area (Å²) >= 11 is 9.73. The van der Waals surface area contributed by atoms with Crippen LogP contribution in [0, 0.1) is 5.92 Å². The number of hydrogen-bond donors (Lipinski definition) is 1. The van der Waals surface area contributed by atoms with Crippen LogP contribution in [0.3, 0.4) is 0 Å². The van der Waals surface area contributed by atoms with Crippen molar-refractivity contribution in [2.45, 2.75) is 19.9 Å². The predicted octanol–water partition coefficient (Wildman–Crippen LogP) is 5.02. The Hall–Kier alpha value is -1.90. The number of carbonyl (C=O) groups is 2. The fourth-order valence-electron chi connectivity index (χ4n) is 2.74. The molecule has 2 aromatic rings. The number of halogens is 1. The summed E-state index contributed by atoms with van der Waals surface area (Å²) in [6.07, 6.45) is 1.60. The summed E-state index contributed by atoms with van der Waals surface area (Å²) in [7, 11) is 0. The van der Waals surface area contributed by atoms with Crippen LogP contribution < -0.4 is 0 Å². The third-order valence-corrected chi connectivity index (χ3v) is 5.87. The van der Waals surface area contributed by atoms with Crippen LogP contribution in [-0.2, 0) is 9.59 Å². The Morgan fingerprint density at radius 2 is 1.93 bits per heavy atom. The van der Waals surface area contributed by atoms with E-state index in [0.29, 0.717) is 16.4 Å². The Morgan fingerprint density at radius 1 is 1.26 bits per heavy atom. The van der Waals surface area contributed by atoms with Crippen molar-refractivity contribution >= 4 is 62.2 Å².